The number of alkyl halides is 1. The Morgan fingerprint density at radius 3 is 2.53 bits per heavy atom. The lowest BCUT2D eigenvalue weighted by Crippen LogP contribution is -2.43. The minimum atomic E-state index is 0.783. The number of halogens is 2. The number of nitrogens with zero attached hydrogens (tertiary/aromatic N) is 1. The van der Waals surface area contributed by atoms with Crippen LogP contribution in [0.5, 0.6) is 0 Å². The number of hydrogen-bond acceptors (Lipinski definition) is 2. The number of benzene rings is 1. The van der Waals surface area contributed by atoms with Crippen LogP contribution in [0.15, 0.2) is 30.3 Å². The summed E-state index contributed by atoms with van der Waals surface area (Å²) in [5.41, 5.74) is 2.35. The monoisotopic (exact) mass is 314 g/mol. The molecule has 0 unspecified atom stereocenters. The van der Waals surface area contributed by atoms with E-state index in [2.05, 4.69) is 50.4 Å². The van der Waals surface area contributed by atoms with Crippen molar-refractivity contribution in [1.82, 2.24) is 5.32 Å². The predicted octanol–water partition coefficient (Wildman–Crippen LogP) is 3.07. The van der Waals surface area contributed by atoms with E-state index < -0.39 is 0 Å². The van der Waals surface area contributed by atoms with E-state index in [-0.39, 0.29) is 0 Å². The van der Waals surface area contributed by atoms with E-state index in [0.717, 1.165) is 42.1 Å². The Kier molecular flexibility index (Phi) is 4.89. The maximum Gasteiger partial charge on any atom is 0.0446 e. The molecule has 0 amide bonds. The first kappa shape index (κ1) is 12.9. The number of allylic oxidation sites excluding steroid dienone is 1. The van der Waals surface area contributed by atoms with E-state index in [1.807, 2.05) is 6.08 Å². The lowest BCUT2D eigenvalue weighted by atomic mass is 10.1. The summed E-state index contributed by atoms with van der Waals surface area (Å²) in [6.45, 7) is 4.27. The van der Waals surface area contributed by atoms with Crippen LogP contribution in [-0.2, 0) is 0 Å². The van der Waals surface area contributed by atoms with Crippen molar-refractivity contribution in [2.75, 3.05) is 36.4 Å². The van der Waals surface area contributed by atoms with Crippen molar-refractivity contribution in [3.63, 3.8) is 0 Å². The van der Waals surface area contributed by atoms with E-state index >= 15 is 0 Å². The molecule has 2 nitrogen and oxygen atoms in total. The van der Waals surface area contributed by atoms with Gasteiger partial charge in [0.1, 0.15) is 0 Å². The van der Waals surface area contributed by atoms with Gasteiger partial charge in [0.05, 0.1) is 0 Å². The van der Waals surface area contributed by atoms with Crippen molar-refractivity contribution in [2.24, 2.45) is 0 Å². The van der Waals surface area contributed by atoms with Gasteiger partial charge in [-0.25, -0.2) is 0 Å². The second-order valence-electron chi connectivity index (χ2n) is 3.99. The molecular formula is C13H16BrClN2. The molecule has 0 atom stereocenters. The Hall–Kier alpha value is -0.510. The van der Waals surface area contributed by atoms with Crippen molar-refractivity contribution in [2.45, 2.75) is 0 Å². The molecule has 0 spiro atoms. The Balaban J connectivity index is 2.09. The smallest absolute Gasteiger partial charge is 0.0446 e. The maximum absolute atomic E-state index is 6.15. The highest BCUT2D eigenvalue weighted by Crippen LogP contribution is 2.23. The molecule has 1 aliphatic rings. The molecule has 17 heavy (non-hydrogen) atoms. The number of hydrogen-bond donors (Lipinski definition) is 1. The molecule has 1 fully saturated rings. The van der Waals surface area contributed by atoms with Crippen LogP contribution in [0.2, 0.25) is 0 Å². The fourth-order valence-electron chi connectivity index (χ4n) is 1.94. The van der Waals surface area contributed by atoms with Crippen molar-refractivity contribution in [3.05, 3.63) is 35.9 Å². The Morgan fingerprint density at radius 2 is 1.94 bits per heavy atom. The van der Waals surface area contributed by atoms with Gasteiger partial charge in [0.15, 0.2) is 0 Å². The first-order valence-electron chi connectivity index (χ1n) is 5.79. The van der Waals surface area contributed by atoms with Crippen LogP contribution in [0.1, 0.15) is 5.56 Å². The number of rotatable bonds is 3. The van der Waals surface area contributed by atoms with E-state index in [9.17, 15) is 0 Å². The minimum Gasteiger partial charge on any atom is -0.369 e. The average Bonchev–Trinajstić information content (AvgIpc) is 2.40. The molecule has 1 saturated heterocycles. The summed E-state index contributed by atoms with van der Waals surface area (Å²) in [5, 5.41) is 4.94. The zero-order valence-electron chi connectivity index (χ0n) is 9.63. The zero-order valence-corrected chi connectivity index (χ0v) is 12.0. The van der Waals surface area contributed by atoms with Gasteiger partial charge in [-0.15, -0.1) is 0 Å². The molecule has 92 valence electrons. The van der Waals surface area contributed by atoms with Gasteiger partial charge in [-0.1, -0.05) is 45.7 Å². The molecule has 1 N–H and O–H groups in total. The van der Waals surface area contributed by atoms with Gasteiger partial charge in [0, 0.05) is 42.2 Å². The van der Waals surface area contributed by atoms with Gasteiger partial charge in [-0.05, 0) is 17.7 Å². The van der Waals surface area contributed by atoms with Crippen LogP contribution < -0.4 is 10.2 Å². The molecule has 1 aliphatic heterocycles. The molecule has 2 rings (SSSR count). The molecule has 0 aromatic heterocycles. The lowest BCUT2D eigenvalue weighted by Gasteiger charge is -2.29. The third-order valence-corrected chi connectivity index (χ3v) is 3.58. The largest absolute Gasteiger partial charge is 0.369 e. The average molecular weight is 316 g/mol. The van der Waals surface area contributed by atoms with Crippen LogP contribution in [0.3, 0.4) is 0 Å². The fraction of sp³-hybridized carbons (Fsp3) is 0.385. The van der Waals surface area contributed by atoms with E-state index in [0.29, 0.717) is 0 Å². The maximum atomic E-state index is 6.15. The molecule has 0 aliphatic carbocycles. The SMILES string of the molecule is Cl/C(=C/CBr)c1ccc(N2CCNCC2)cc1. The highest BCUT2D eigenvalue weighted by atomic mass is 79.9. The Morgan fingerprint density at radius 1 is 1.29 bits per heavy atom. The first-order chi connectivity index (χ1) is 8.31. The van der Waals surface area contributed by atoms with Gasteiger partial charge in [-0.3, -0.25) is 0 Å². The van der Waals surface area contributed by atoms with E-state index in [4.69, 9.17) is 11.6 Å². The van der Waals surface area contributed by atoms with E-state index in [1.165, 1.54) is 5.69 Å². The second-order valence-corrected chi connectivity index (χ2v) is 5.04. The zero-order chi connectivity index (χ0) is 12.1. The standard InChI is InChI=1S/C13H16BrClN2/c14-6-5-13(15)11-1-3-12(4-2-11)17-9-7-16-8-10-17/h1-5,16H,6-10H2/b13-5+. The van der Waals surface area contributed by atoms with Crippen molar-refractivity contribution in [1.29, 1.82) is 0 Å². The highest BCUT2D eigenvalue weighted by molar-refractivity contribution is 9.09. The summed E-state index contributed by atoms with van der Waals surface area (Å²) < 4.78 is 0. The summed E-state index contributed by atoms with van der Waals surface area (Å²) in [7, 11) is 0. The third kappa shape index (κ3) is 3.47. The number of anilines is 1. The van der Waals surface area contributed by atoms with Gasteiger partial charge in [0.25, 0.3) is 0 Å². The highest BCUT2D eigenvalue weighted by Gasteiger charge is 2.10. The molecule has 1 aromatic rings. The molecule has 4 heteroatoms. The third-order valence-electron chi connectivity index (χ3n) is 2.88. The van der Waals surface area contributed by atoms with Crippen LogP contribution in [0.25, 0.3) is 5.03 Å². The Labute approximate surface area is 116 Å². The summed E-state index contributed by atoms with van der Waals surface area (Å²) >= 11 is 9.50. The van der Waals surface area contributed by atoms with Crippen molar-refractivity contribution < 1.29 is 0 Å². The first-order valence-corrected chi connectivity index (χ1v) is 7.29. The normalized spacial score (nSPS) is 17.3. The van der Waals surface area contributed by atoms with Gasteiger partial charge in [0.2, 0.25) is 0 Å². The minimum absolute atomic E-state index is 0.783. The van der Waals surface area contributed by atoms with Crippen LogP contribution >= 0.6 is 27.5 Å². The summed E-state index contributed by atoms with van der Waals surface area (Å²) in [6.07, 6.45) is 1.96. The van der Waals surface area contributed by atoms with Crippen LogP contribution in [0, 0.1) is 0 Å². The number of nitrogens with one attached hydrogen (secondary N) is 1. The van der Waals surface area contributed by atoms with Crippen molar-refractivity contribution in [3.8, 4) is 0 Å². The second kappa shape index (κ2) is 6.43. The molecule has 0 saturated carbocycles. The van der Waals surface area contributed by atoms with Gasteiger partial charge >= 0.3 is 0 Å². The lowest BCUT2D eigenvalue weighted by molar-refractivity contribution is 0.589. The summed E-state index contributed by atoms with van der Waals surface area (Å²) in [4.78, 5) is 2.39. The van der Waals surface area contributed by atoms with Gasteiger partial charge < -0.3 is 10.2 Å². The fourth-order valence-corrected chi connectivity index (χ4v) is 2.65. The molecular weight excluding hydrogens is 300 g/mol. The van der Waals surface area contributed by atoms with Gasteiger partial charge in [-0.2, -0.15) is 0 Å². The predicted molar refractivity (Wildman–Crippen MR) is 79.1 cm³/mol. The topological polar surface area (TPSA) is 15.3 Å². The van der Waals surface area contributed by atoms with Crippen LogP contribution in [-0.4, -0.2) is 31.5 Å². The molecule has 1 aromatic carbocycles. The molecule has 0 radical (unpaired) electrons. The Bertz CT molecular complexity index is 383. The quantitative estimate of drug-likeness (QED) is 0.862. The summed E-state index contributed by atoms with van der Waals surface area (Å²) in [6, 6.07) is 8.45. The van der Waals surface area contributed by atoms with Crippen LogP contribution in [0.4, 0.5) is 5.69 Å². The van der Waals surface area contributed by atoms with E-state index in [1.54, 1.807) is 0 Å². The molecule has 0 bridgehead atoms. The van der Waals surface area contributed by atoms with Crippen molar-refractivity contribution >= 4 is 38.3 Å². The summed E-state index contributed by atoms with van der Waals surface area (Å²) in [5.74, 6) is 0. The molecule has 1 heterocycles. The number of piperazine rings is 1.